The number of nitrogens with one attached hydrogen (secondary N) is 1. The molecule has 7 nitrogen and oxygen atoms in total. The Hall–Kier alpha value is -3.22. The second kappa shape index (κ2) is 7.42. The summed E-state index contributed by atoms with van der Waals surface area (Å²) in [5, 5.41) is 12.3. The van der Waals surface area contributed by atoms with Gasteiger partial charge in [-0.15, -0.1) is 0 Å². The molecule has 1 N–H and O–H groups in total. The molecule has 1 aliphatic heterocycles. The second-order valence-electron chi connectivity index (χ2n) is 7.32. The van der Waals surface area contributed by atoms with E-state index in [1.165, 1.54) is 11.6 Å². The first-order valence-electron chi connectivity index (χ1n) is 9.49. The minimum absolute atomic E-state index is 0.0555. The molecule has 0 radical (unpaired) electrons. The maximum Gasteiger partial charge on any atom is 0.276 e. The van der Waals surface area contributed by atoms with Gasteiger partial charge in [0.15, 0.2) is 5.69 Å². The van der Waals surface area contributed by atoms with Gasteiger partial charge in [0.1, 0.15) is 0 Å². The number of rotatable bonds is 3. The Labute approximate surface area is 163 Å². The van der Waals surface area contributed by atoms with Crippen LogP contribution in [0.5, 0.6) is 0 Å². The van der Waals surface area contributed by atoms with Crippen molar-refractivity contribution in [1.82, 2.24) is 25.2 Å². The first-order chi connectivity index (χ1) is 13.5. The van der Waals surface area contributed by atoms with E-state index in [0.29, 0.717) is 25.3 Å². The molecule has 144 valence electrons. The zero-order chi connectivity index (χ0) is 19.7. The van der Waals surface area contributed by atoms with Crippen LogP contribution in [0.3, 0.4) is 0 Å². The number of carbonyl (C=O) groups excluding carboxylic acids is 2. The molecule has 1 aromatic heterocycles. The van der Waals surface area contributed by atoms with Gasteiger partial charge >= 0.3 is 0 Å². The van der Waals surface area contributed by atoms with Crippen LogP contribution in [0.2, 0.25) is 0 Å². The van der Waals surface area contributed by atoms with Gasteiger partial charge in [0, 0.05) is 25.7 Å². The Morgan fingerprint density at radius 2 is 1.93 bits per heavy atom. The molecule has 1 unspecified atom stereocenters. The summed E-state index contributed by atoms with van der Waals surface area (Å²) in [6, 6.07) is 14.3. The Bertz CT molecular complexity index is 1000. The lowest BCUT2D eigenvalue weighted by atomic mass is 9.95. The van der Waals surface area contributed by atoms with Crippen LogP contribution < -0.4 is 0 Å². The summed E-state index contributed by atoms with van der Waals surface area (Å²) >= 11 is 0. The van der Waals surface area contributed by atoms with Gasteiger partial charge in [-0.1, -0.05) is 42.5 Å². The van der Waals surface area contributed by atoms with Crippen LogP contribution in [-0.2, 0) is 4.79 Å². The maximum absolute atomic E-state index is 13.1. The molecule has 2 amide bonds. The maximum atomic E-state index is 13.1. The predicted molar refractivity (Wildman–Crippen MR) is 106 cm³/mol. The van der Waals surface area contributed by atoms with Gasteiger partial charge in [-0.05, 0) is 30.2 Å². The fourth-order valence-electron chi connectivity index (χ4n) is 3.80. The topological polar surface area (TPSA) is 82.2 Å². The number of benzene rings is 2. The van der Waals surface area contributed by atoms with E-state index in [4.69, 9.17) is 0 Å². The highest BCUT2D eigenvalue weighted by atomic mass is 16.2. The van der Waals surface area contributed by atoms with Gasteiger partial charge in [-0.2, -0.15) is 15.4 Å². The molecule has 7 heteroatoms. The number of aromatic amines is 1. The van der Waals surface area contributed by atoms with Gasteiger partial charge in [0.05, 0.1) is 12.1 Å². The number of amides is 2. The lowest BCUT2D eigenvalue weighted by Gasteiger charge is -2.40. The average Bonchev–Trinajstić information content (AvgIpc) is 3.26. The lowest BCUT2D eigenvalue weighted by Crippen LogP contribution is -2.56. The van der Waals surface area contributed by atoms with Crippen LogP contribution in [0.1, 0.15) is 35.8 Å². The van der Waals surface area contributed by atoms with Crippen LogP contribution in [0.4, 0.5) is 0 Å². The summed E-state index contributed by atoms with van der Waals surface area (Å²) in [6.45, 7) is 5.43. The van der Waals surface area contributed by atoms with Gasteiger partial charge in [-0.3, -0.25) is 9.59 Å². The van der Waals surface area contributed by atoms with Gasteiger partial charge in [0.25, 0.3) is 5.91 Å². The van der Waals surface area contributed by atoms with Crippen LogP contribution in [0.25, 0.3) is 10.8 Å². The smallest absolute Gasteiger partial charge is 0.276 e. The summed E-state index contributed by atoms with van der Waals surface area (Å²) in [4.78, 5) is 29.2. The Morgan fingerprint density at radius 3 is 2.64 bits per heavy atom. The van der Waals surface area contributed by atoms with Crippen molar-refractivity contribution in [2.45, 2.75) is 25.8 Å². The van der Waals surface area contributed by atoms with E-state index in [1.54, 1.807) is 4.90 Å². The third kappa shape index (κ3) is 3.35. The lowest BCUT2D eigenvalue weighted by molar-refractivity contribution is -0.136. The SMILES string of the molecule is CC(C(=O)N1CCN(C(=O)c2cn[nH]n2)C[C@H]1C)c1ccc2ccccc2c1. The van der Waals surface area contributed by atoms with E-state index in [1.807, 2.05) is 36.9 Å². The predicted octanol–water partition coefficient (Wildman–Crippen LogP) is 2.43. The standard InChI is InChI=1S/C21H23N5O2/c1-14-13-25(21(28)19-12-22-24-23-19)9-10-26(14)20(27)15(2)17-8-7-16-5-3-4-6-18(16)11-17/h3-8,11-12,14-15H,9-10,13H2,1-2H3,(H,22,23,24)/t14-,15?/m1/s1. The minimum atomic E-state index is -0.232. The second-order valence-corrected chi connectivity index (χ2v) is 7.32. The van der Waals surface area contributed by atoms with E-state index >= 15 is 0 Å². The van der Waals surface area contributed by atoms with E-state index in [0.717, 1.165) is 10.9 Å². The quantitative estimate of drug-likeness (QED) is 0.760. The number of nitrogens with zero attached hydrogens (tertiary/aromatic N) is 4. The average molecular weight is 377 g/mol. The number of H-pyrrole nitrogens is 1. The highest BCUT2D eigenvalue weighted by molar-refractivity contribution is 5.92. The Balaban J connectivity index is 1.46. The van der Waals surface area contributed by atoms with Gasteiger partial charge in [-0.25, -0.2) is 0 Å². The van der Waals surface area contributed by atoms with Crippen molar-refractivity contribution in [2.75, 3.05) is 19.6 Å². The Kier molecular flexibility index (Phi) is 4.81. The molecule has 2 atom stereocenters. The van der Waals surface area contributed by atoms with E-state index in [9.17, 15) is 9.59 Å². The molecule has 0 saturated carbocycles. The van der Waals surface area contributed by atoms with Crippen molar-refractivity contribution in [3.8, 4) is 0 Å². The largest absolute Gasteiger partial charge is 0.336 e. The zero-order valence-electron chi connectivity index (χ0n) is 16.0. The third-order valence-corrected chi connectivity index (χ3v) is 5.48. The highest BCUT2D eigenvalue weighted by Crippen LogP contribution is 2.25. The van der Waals surface area contributed by atoms with E-state index < -0.39 is 0 Å². The number of aromatic nitrogens is 3. The van der Waals surface area contributed by atoms with Crippen molar-refractivity contribution in [3.63, 3.8) is 0 Å². The molecule has 0 spiro atoms. The molecular formula is C21H23N5O2. The number of carbonyl (C=O) groups is 2. The third-order valence-electron chi connectivity index (χ3n) is 5.48. The number of piperazine rings is 1. The molecule has 3 aromatic rings. The Morgan fingerprint density at radius 1 is 1.14 bits per heavy atom. The van der Waals surface area contributed by atoms with Crippen LogP contribution in [0.15, 0.2) is 48.7 Å². The van der Waals surface area contributed by atoms with Crippen molar-refractivity contribution in [3.05, 3.63) is 59.9 Å². The fraction of sp³-hybridized carbons (Fsp3) is 0.333. The van der Waals surface area contributed by atoms with Crippen molar-refractivity contribution in [2.24, 2.45) is 0 Å². The zero-order valence-corrected chi connectivity index (χ0v) is 16.0. The number of hydrogen-bond acceptors (Lipinski definition) is 4. The van der Waals surface area contributed by atoms with Gasteiger partial charge < -0.3 is 9.80 Å². The van der Waals surface area contributed by atoms with Crippen LogP contribution in [0, 0.1) is 0 Å². The molecule has 0 aliphatic carbocycles. The molecule has 2 heterocycles. The first kappa shape index (κ1) is 18.2. The number of hydrogen-bond donors (Lipinski definition) is 1. The molecule has 0 bridgehead atoms. The molecule has 1 aliphatic rings. The molecule has 4 rings (SSSR count). The minimum Gasteiger partial charge on any atom is -0.336 e. The van der Waals surface area contributed by atoms with Gasteiger partial charge in [0.2, 0.25) is 5.91 Å². The summed E-state index contributed by atoms with van der Waals surface area (Å²) in [5.41, 5.74) is 1.31. The molecule has 1 saturated heterocycles. The first-order valence-corrected chi connectivity index (χ1v) is 9.49. The van der Waals surface area contributed by atoms with Crippen LogP contribution in [-0.4, -0.2) is 62.7 Å². The monoisotopic (exact) mass is 377 g/mol. The molecule has 2 aromatic carbocycles. The molecule has 28 heavy (non-hydrogen) atoms. The van der Waals surface area contributed by atoms with E-state index in [2.05, 4.69) is 39.7 Å². The summed E-state index contributed by atoms with van der Waals surface area (Å²) in [7, 11) is 0. The molecular weight excluding hydrogens is 354 g/mol. The summed E-state index contributed by atoms with van der Waals surface area (Å²) < 4.78 is 0. The van der Waals surface area contributed by atoms with E-state index in [-0.39, 0.29) is 23.8 Å². The summed E-state index contributed by atoms with van der Waals surface area (Å²) in [6.07, 6.45) is 1.42. The highest BCUT2D eigenvalue weighted by Gasteiger charge is 2.33. The molecule has 1 fully saturated rings. The number of fused-ring (bicyclic) bond motifs is 1. The normalized spacial score (nSPS) is 18.3. The van der Waals surface area contributed by atoms with Crippen LogP contribution >= 0.6 is 0 Å². The van der Waals surface area contributed by atoms with Crippen molar-refractivity contribution in [1.29, 1.82) is 0 Å². The van der Waals surface area contributed by atoms with Crippen molar-refractivity contribution >= 4 is 22.6 Å². The fourth-order valence-corrected chi connectivity index (χ4v) is 3.80. The van der Waals surface area contributed by atoms with Crippen molar-refractivity contribution < 1.29 is 9.59 Å². The summed E-state index contributed by atoms with van der Waals surface area (Å²) in [5.74, 6) is -0.295.